The van der Waals surface area contributed by atoms with Crippen LogP contribution >= 0.6 is 0 Å². The zero-order chi connectivity index (χ0) is 16.8. The lowest BCUT2D eigenvalue weighted by Gasteiger charge is -2.13. The van der Waals surface area contributed by atoms with Gasteiger partial charge in [0, 0.05) is 19.6 Å². The highest BCUT2D eigenvalue weighted by Crippen LogP contribution is 2.11. The molecule has 2 aromatic carbocycles. The van der Waals surface area contributed by atoms with Crippen molar-refractivity contribution in [3.8, 4) is 5.75 Å². The molecule has 0 bridgehead atoms. The van der Waals surface area contributed by atoms with Crippen LogP contribution in [-0.2, 0) is 6.54 Å². The summed E-state index contributed by atoms with van der Waals surface area (Å²) in [5.41, 5.74) is 1.36. The number of aliphatic hydroxyl groups excluding tert-OH is 1. The number of nitrogens with zero attached hydrogens (tertiary/aromatic N) is 1. The first-order valence-electron chi connectivity index (χ1n) is 7.89. The summed E-state index contributed by atoms with van der Waals surface area (Å²) in [4.78, 5) is 11.8. The van der Waals surface area contributed by atoms with Crippen molar-refractivity contribution in [2.45, 2.75) is 12.6 Å². The standard InChI is InChI=1S/C18H20N2O4/c21-14(13-23-15-6-2-1-3-7-15)12-19-10-11-20-16-8-4-5-9-17(16)24-18(20)22/h1-9,14,19,21H,10-13H2. The quantitative estimate of drug-likeness (QED) is 0.615. The van der Waals surface area contributed by atoms with E-state index in [1.54, 1.807) is 10.6 Å². The lowest BCUT2D eigenvalue weighted by atomic mass is 10.3. The summed E-state index contributed by atoms with van der Waals surface area (Å²) in [5.74, 6) is 0.360. The number of oxazole rings is 1. The molecule has 0 aliphatic heterocycles. The third-order valence-electron chi connectivity index (χ3n) is 3.65. The Hall–Kier alpha value is -2.57. The highest BCUT2D eigenvalue weighted by molar-refractivity contribution is 5.72. The van der Waals surface area contributed by atoms with Gasteiger partial charge in [-0.05, 0) is 24.3 Å². The average Bonchev–Trinajstić information content (AvgIpc) is 2.93. The molecule has 6 nitrogen and oxygen atoms in total. The molecule has 0 radical (unpaired) electrons. The van der Waals surface area contributed by atoms with Crippen LogP contribution in [0, 0.1) is 0 Å². The lowest BCUT2D eigenvalue weighted by Crippen LogP contribution is -2.34. The fourth-order valence-corrected chi connectivity index (χ4v) is 2.45. The smallest absolute Gasteiger partial charge is 0.419 e. The Labute approximate surface area is 139 Å². The van der Waals surface area contributed by atoms with Gasteiger partial charge in [0.2, 0.25) is 0 Å². The number of rotatable bonds is 8. The molecule has 6 heteroatoms. The van der Waals surface area contributed by atoms with Crippen LogP contribution in [0.4, 0.5) is 0 Å². The number of hydrogen-bond acceptors (Lipinski definition) is 5. The maximum absolute atomic E-state index is 11.8. The third kappa shape index (κ3) is 4.04. The molecule has 0 fully saturated rings. The van der Waals surface area contributed by atoms with E-state index in [0.29, 0.717) is 25.2 Å². The largest absolute Gasteiger partial charge is 0.491 e. The van der Waals surface area contributed by atoms with Gasteiger partial charge >= 0.3 is 5.76 Å². The Morgan fingerprint density at radius 3 is 2.71 bits per heavy atom. The van der Waals surface area contributed by atoms with E-state index in [-0.39, 0.29) is 12.4 Å². The van der Waals surface area contributed by atoms with E-state index >= 15 is 0 Å². The number of aliphatic hydroxyl groups is 1. The van der Waals surface area contributed by atoms with Crippen LogP contribution in [0.3, 0.4) is 0 Å². The van der Waals surface area contributed by atoms with Crippen molar-refractivity contribution in [2.24, 2.45) is 0 Å². The normalized spacial score (nSPS) is 12.4. The van der Waals surface area contributed by atoms with Crippen LogP contribution in [0.25, 0.3) is 11.1 Å². The first-order chi connectivity index (χ1) is 11.7. The van der Waals surface area contributed by atoms with Gasteiger partial charge in [0.05, 0.1) is 5.52 Å². The molecule has 0 saturated carbocycles. The molecule has 0 aliphatic rings. The molecule has 0 aliphatic carbocycles. The first kappa shape index (κ1) is 16.3. The zero-order valence-electron chi connectivity index (χ0n) is 13.2. The SMILES string of the molecule is O=c1oc2ccccc2n1CCNCC(O)COc1ccccc1. The minimum Gasteiger partial charge on any atom is -0.491 e. The van der Waals surface area contributed by atoms with Gasteiger partial charge in [-0.2, -0.15) is 0 Å². The number of para-hydroxylation sites is 3. The minimum atomic E-state index is -0.622. The van der Waals surface area contributed by atoms with Crippen molar-refractivity contribution in [1.29, 1.82) is 0 Å². The Bertz CT molecular complexity index is 826. The van der Waals surface area contributed by atoms with Crippen molar-refractivity contribution in [1.82, 2.24) is 9.88 Å². The van der Waals surface area contributed by atoms with E-state index < -0.39 is 6.10 Å². The van der Waals surface area contributed by atoms with Crippen LogP contribution in [-0.4, -0.2) is 35.5 Å². The van der Waals surface area contributed by atoms with Crippen LogP contribution in [0.2, 0.25) is 0 Å². The Morgan fingerprint density at radius 1 is 1.12 bits per heavy atom. The van der Waals surface area contributed by atoms with Crippen LogP contribution in [0.15, 0.2) is 63.8 Å². The van der Waals surface area contributed by atoms with Gasteiger partial charge in [0.1, 0.15) is 18.5 Å². The summed E-state index contributed by atoms with van der Waals surface area (Å²) in [7, 11) is 0. The van der Waals surface area contributed by atoms with E-state index in [1.165, 1.54) is 0 Å². The van der Waals surface area contributed by atoms with Gasteiger partial charge in [0.25, 0.3) is 0 Å². The molecule has 3 rings (SSSR count). The maximum atomic E-state index is 11.8. The third-order valence-corrected chi connectivity index (χ3v) is 3.65. The molecule has 3 aromatic rings. The number of nitrogens with one attached hydrogen (secondary N) is 1. The first-order valence-corrected chi connectivity index (χ1v) is 7.89. The topological polar surface area (TPSA) is 76.6 Å². The second-order valence-electron chi connectivity index (χ2n) is 5.47. The number of hydrogen-bond donors (Lipinski definition) is 2. The van der Waals surface area contributed by atoms with Crippen LogP contribution in [0.5, 0.6) is 5.75 Å². The van der Waals surface area contributed by atoms with Crippen molar-refractivity contribution in [3.05, 3.63) is 65.1 Å². The number of aromatic nitrogens is 1. The molecule has 1 heterocycles. The summed E-state index contributed by atoms with van der Waals surface area (Å²) in [5, 5.41) is 13.0. The summed E-state index contributed by atoms with van der Waals surface area (Å²) in [6.45, 7) is 1.62. The molecule has 0 amide bonds. The molecular formula is C18H20N2O4. The molecule has 2 N–H and O–H groups in total. The van der Waals surface area contributed by atoms with Gasteiger partial charge in [-0.25, -0.2) is 4.79 Å². The van der Waals surface area contributed by atoms with E-state index in [4.69, 9.17) is 9.15 Å². The second kappa shape index (κ2) is 7.81. The molecule has 1 aromatic heterocycles. The predicted molar refractivity (Wildman–Crippen MR) is 91.3 cm³/mol. The Morgan fingerprint density at radius 2 is 1.88 bits per heavy atom. The molecule has 0 spiro atoms. The molecule has 24 heavy (non-hydrogen) atoms. The van der Waals surface area contributed by atoms with E-state index in [9.17, 15) is 9.90 Å². The molecule has 126 valence electrons. The monoisotopic (exact) mass is 328 g/mol. The minimum absolute atomic E-state index is 0.214. The van der Waals surface area contributed by atoms with Gasteiger partial charge in [-0.1, -0.05) is 30.3 Å². The van der Waals surface area contributed by atoms with Gasteiger partial charge in [-0.15, -0.1) is 0 Å². The highest BCUT2D eigenvalue weighted by Gasteiger charge is 2.09. The van der Waals surface area contributed by atoms with E-state index in [0.717, 1.165) is 11.3 Å². The summed E-state index contributed by atoms with van der Waals surface area (Å²) in [6.07, 6.45) is -0.622. The number of fused-ring (bicyclic) bond motifs is 1. The molecule has 1 unspecified atom stereocenters. The van der Waals surface area contributed by atoms with E-state index in [1.807, 2.05) is 48.5 Å². The predicted octanol–water partition coefficient (Wildman–Crippen LogP) is 1.62. The summed E-state index contributed by atoms with van der Waals surface area (Å²) in [6, 6.07) is 16.7. The Kier molecular flexibility index (Phi) is 5.30. The Balaban J connectivity index is 1.43. The molecule has 1 atom stereocenters. The lowest BCUT2D eigenvalue weighted by molar-refractivity contribution is 0.106. The van der Waals surface area contributed by atoms with Crippen molar-refractivity contribution < 1.29 is 14.3 Å². The summed E-state index contributed by atoms with van der Waals surface area (Å²) < 4.78 is 12.2. The number of benzene rings is 2. The van der Waals surface area contributed by atoms with E-state index in [2.05, 4.69) is 5.32 Å². The van der Waals surface area contributed by atoms with Gasteiger partial charge in [0.15, 0.2) is 5.58 Å². The van der Waals surface area contributed by atoms with Crippen molar-refractivity contribution >= 4 is 11.1 Å². The highest BCUT2D eigenvalue weighted by atomic mass is 16.5. The van der Waals surface area contributed by atoms with Gasteiger partial charge in [-0.3, -0.25) is 4.57 Å². The fraction of sp³-hybridized carbons (Fsp3) is 0.278. The van der Waals surface area contributed by atoms with Crippen LogP contribution < -0.4 is 15.8 Å². The summed E-state index contributed by atoms with van der Waals surface area (Å²) >= 11 is 0. The second-order valence-corrected chi connectivity index (χ2v) is 5.47. The van der Waals surface area contributed by atoms with Gasteiger partial charge < -0.3 is 19.6 Å². The molecule has 0 saturated heterocycles. The number of ether oxygens (including phenoxy) is 1. The van der Waals surface area contributed by atoms with Crippen molar-refractivity contribution in [3.63, 3.8) is 0 Å². The molecular weight excluding hydrogens is 308 g/mol. The maximum Gasteiger partial charge on any atom is 0.419 e. The average molecular weight is 328 g/mol. The zero-order valence-corrected chi connectivity index (χ0v) is 13.2. The van der Waals surface area contributed by atoms with Crippen LogP contribution in [0.1, 0.15) is 0 Å². The van der Waals surface area contributed by atoms with Crippen molar-refractivity contribution in [2.75, 3.05) is 19.7 Å². The fourth-order valence-electron chi connectivity index (χ4n) is 2.45.